The molecule has 8 heteroatoms. The molecule has 0 saturated heterocycles. The zero-order valence-corrected chi connectivity index (χ0v) is 15.8. The molecular formula is C15H34NO6P. The molecule has 0 unspecified atom stereocenters. The summed E-state index contributed by atoms with van der Waals surface area (Å²) in [5.41, 5.74) is 0. The molecule has 0 fully saturated rings. The van der Waals surface area contributed by atoms with Crippen LogP contribution in [0.25, 0.3) is 0 Å². The summed E-state index contributed by atoms with van der Waals surface area (Å²) in [4.78, 5) is 38.1. The average Bonchev–Trinajstić information content (AvgIpc) is 2.53. The molecular weight excluding hydrogens is 321 g/mol. The molecule has 0 radical (unpaired) electrons. The highest BCUT2D eigenvalue weighted by molar-refractivity contribution is 7.46. The molecule has 0 atom stereocenters. The molecule has 0 aliphatic heterocycles. The topological polar surface area (TPSA) is 113 Å². The lowest BCUT2D eigenvalue weighted by atomic mass is 10.2. The maximum atomic E-state index is 11.2. The van der Waals surface area contributed by atoms with Crippen LogP contribution in [0.5, 0.6) is 0 Å². The molecule has 0 aromatic carbocycles. The summed E-state index contributed by atoms with van der Waals surface area (Å²) in [6.45, 7) is 8.63. The Bertz CT molecular complexity index is 306. The van der Waals surface area contributed by atoms with Gasteiger partial charge in [0.05, 0.1) is 6.61 Å². The maximum absolute atomic E-state index is 11.2. The van der Waals surface area contributed by atoms with Gasteiger partial charge in [0.25, 0.3) is 0 Å². The van der Waals surface area contributed by atoms with Gasteiger partial charge in [0.2, 0.25) is 5.91 Å². The van der Waals surface area contributed by atoms with Gasteiger partial charge in [0, 0.05) is 19.4 Å². The highest BCUT2D eigenvalue weighted by Gasteiger charge is 2.12. The van der Waals surface area contributed by atoms with Crippen molar-refractivity contribution in [3.8, 4) is 0 Å². The first kappa shape index (κ1) is 27.1. The van der Waals surface area contributed by atoms with Gasteiger partial charge < -0.3 is 19.9 Å². The Kier molecular flexibility index (Phi) is 25.1. The zero-order chi connectivity index (χ0) is 18.6. The quantitative estimate of drug-likeness (QED) is 0.281. The number of phosphoric acid groups is 1. The molecule has 3 N–H and O–H groups in total. The van der Waals surface area contributed by atoms with Crippen LogP contribution in [-0.2, 0) is 18.7 Å². The highest BCUT2D eigenvalue weighted by Crippen LogP contribution is 2.35. The summed E-state index contributed by atoms with van der Waals surface area (Å²) in [6, 6.07) is 0. The van der Waals surface area contributed by atoms with Gasteiger partial charge in [-0.05, 0) is 19.3 Å². The largest absolute Gasteiger partial charge is 0.469 e. The number of phosphoric ester groups is 1. The van der Waals surface area contributed by atoms with E-state index < -0.39 is 7.82 Å². The molecule has 0 aromatic rings. The minimum atomic E-state index is -4.34. The third-order valence-electron chi connectivity index (χ3n) is 2.38. The fourth-order valence-electron chi connectivity index (χ4n) is 1.43. The Morgan fingerprint density at radius 2 is 1.61 bits per heavy atom. The number of amides is 1. The number of hydrogen-bond donors (Lipinski definition) is 3. The van der Waals surface area contributed by atoms with Crippen LogP contribution in [0.3, 0.4) is 0 Å². The smallest absolute Gasteiger partial charge is 0.356 e. The van der Waals surface area contributed by atoms with Crippen molar-refractivity contribution in [2.45, 2.75) is 72.6 Å². The van der Waals surface area contributed by atoms with Gasteiger partial charge >= 0.3 is 7.82 Å². The van der Waals surface area contributed by atoms with Crippen molar-refractivity contribution in [3.63, 3.8) is 0 Å². The summed E-state index contributed by atoms with van der Waals surface area (Å²) in [7, 11) is -4.34. The van der Waals surface area contributed by atoms with E-state index in [1.165, 1.54) is 0 Å². The standard InChI is InChI=1S/C11H22NO6P.2C2H6/c13-9-5-3-7-11(14)12-8-4-1-2-6-10-18-19(15,16)17;2*1-2/h9H,1-8,10H2,(H,12,14)(H2,15,16,17);2*1-2H3. The number of carbonyl (C=O) groups excluding carboxylic acids is 2. The van der Waals surface area contributed by atoms with Crippen molar-refractivity contribution in [1.82, 2.24) is 5.32 Å². The predicted molar refractivity (Wildman–Crippen MR) is 92.1 cm³/mol. The monoisotopic (exact) mass is 355 g/mol. The Morgan fingerprint density at radius 3 is 2.13 bits per heavy atom. The Hall–Kier alpha value is -0.750. The van der Waals surface area contributed by atoms with E-state index in [4.69, 9.17) is 9.79 Å². The van der Waals surface area contributed by atoms with Gasteiger partial charge in [-0.2, -0.15) is 0 Å². The van der Waals surface area contributed by atoms with Gasteiger partial charge in [-0.15, -0.1) is 0 Å². The second-order valence-corrected chi connectivity index (χ2v) is 5.39. The molecule has 0 rings (SSSR count). The van der Waals surface area contributed by atoms with Crippen LogP contribution in [0.1, 0.15) is 72.6 Å². The molecule has 0 aliphatic rings. The van der Waals surface area contributed by atoms with Gasteiger partial charge in [-0.1, -0.05) is 40.5 Å². The summed E-state index contributed by atoms with van der Waals surface area (Å²) in [6.07, 6.45) is 5.21. The minimum Gasteiger partial charge on any atom is -0.356 e. The van der Waals surface area contributed by atoms with Gasteiger partial charge in [-0.25, -0.2) is 4.57 Å². The third kappa shape index (κ3) is 29.8. The maximum Gasteiger partial charge on any atom is 0.469 e. The normalized spacial score (nSPS) is 9.83. The van der Waals surface area contributed by atoms with Crippen molar-refractivity contribution in [1.29, 1.82) is 0 Å². The number of hydrogen-bond acceptors (Lipinski definition) is 4. The summed E-state index contributed by atoms with van der Waals surface area (Å²) < 4.78 is 14.6. The second kappa shape index (κ2) is 21.2. The van der Waals surface area contributed by atoms with Crippen molar-refractivity contribution in [2.75, 3.05) is 13.2 Å². The highest BCUT2D eigenvalue weighted by atomic mass is 31.2. The first-order chi connectivity index (χ1) is 11.0. The number of nitrogens with one attached hydrogen (secondary N) is 1. The molecule has 0 aromatic heterocycles. The van der Waals surface area contributed by atoms with Gasteiger partial charge in [0.1, 0.15) is 6.29 Å². The average molecular weight is 355 g/mol. The molecule has 1 amide bonds. The van der Waals surface area contributed by atoms with Crippen molar-refractivity contribution >= 4 is 20.0 Å². The fraction of sp³-hybridized carbons (Fsp3) is 0.867. The molecule has 140 valence electrons. The SMILES string of the molecule is CC.CC.O=CCCCC(=O)NCCCCCCOP(=O)(O)O. The van der Waals surface area contributed by atoms with Crippen LogP contribution in [0.2, 0.25) is 0 Å². The lowest BCUT2D eigenvalue weighted by Gasteiger charge is -2.06. The Balaban J connectivity index is -0.000000919. The van der Waals surface area contributed by atoms with Crippen molar-refractivity contribution in [3.05, 3.63) is 0 Å². The number of unbranched alkanes of at least 4 members (excludes halogenated alkanes) is 4. The molecule has 0 spiro atoms. The summed E-state index contributed by atoms with van der Waals surface area (Å²) in [5.74, 6) is -0.0494. The molecule has 0 heterocycles. The first-order valence-electron chi connectivity index (χ1n) is 8.36. The predicted octanol–water partition coefficient (Wildman–Crippen LogP) is 3.19. The van der Waals surface area contributed by atoms with E-state index >= 15 is 0 Å². The van der Waals surface area contributed by atoms with E-state index in [-0.39, 0.29) is 12.5 Å². The first-order valence-corrected chi connectivity index (χ1v) is 9.89. The second-order valence-electron chi connectivity index (χ2n) is 4.15. The number of carbonyl (C=O) groups is 2. The van der Waals surface area contributed by atoms with E-state index in [0.717, 1.165) is 25.5 Å². The van der Waals surface area contributed by atoms with Crippen LogP contribution < -0.4 is 5.32 Å². The van der Waals surface area contributed by atoms with Crippen molar-refractivity contribution < 1.29 is 28.5 Å². The molecule has 0 saturated carbocycles. The van der Waals surface area contributed by atoms with Gasteiger partial charge in [-0.3, -0.25) is 9.32 Å². The van der Waals surface area contributed by atoms with E-state index in [1.54, 1.807) is 0 Å². The van der Waals surface area contributed by atoms with E-state index in [2.05, 4.69) is 9.84 Å². The van der Waals surface area contributed by atoms with Crippen LogP contribution in [0, 0.1) is 0 Å². The van der Waals surface area contributed by atoms with Crippen molar-refractivity contribution in [2.24, 2.45) is 0 Å². The molecule has 7 nitrogen and oxygen atoms in total. The fourth-order valence-corrected chi connectivity index (χ4v) is 1.79. The lowest BCUT2D eigenvalue weighted by molar-refractivity contribution is -0.121. The summed E-state index contributed by atoms with van der Waals surface area (Å²) in [5, 5.41) is 2.75. The van der Waals surface area contributed by atoms with E-state index in [0.29, 0.717) is 32.2 Å². The van der Waals surface area contributed by atoms with E-state index in [1.807, 2.05) is 27.7 Å². The Morgan fingerprint density at radius 1 is 1.04 bits per heavy atom. The lowest BCUT2D eigenvalue weighted by Crippen LogP contribution is -2.23. The Labute approximate surface area is 140 Å². The summed E-state index contributed by atoms with van der Waals surface area (Å²) >= 11 is 0. The van der Waals surface area contributed by atoms with Crippen LogP contribution in [0.15, 0.2) is 0 Å². The molecule has 23 heavy (non-hydrogen) atoms. The molecule has 0 bridgehead atoms. The molecule has 0 aliphatic carbocycles. The van der Waals surface area contributed by atoms with Gasteiger partial charge in [0.15, 0.2) is 0 Å². The third-order valence-corrected chi connectivity index (χ3v) is 2.90. The van der Waals surface area contributed by atoms with Crippen LogP contribution in [-0.4, -0.2) is 35.1 Å². The zero-order valence-electron chi connectivity index (χ0n) is 14.9. The van der Waals surface area contributed by atoms with Crippen LogP contribution in [0.4, 0.5) is 0 Å². The number of aldehydes is 1. The number of rotatable bonds is 12. The minimum absolute atomic E-state index is 0.0440. The van der Waals surface area contributed by atoms with Crippen LogP contribution >= 0.6 is 7.82 Å². The van der Waals surface area contributed by atoms with E-state index in [9.17, 15) is 14.2 Å².